The second kappa shape index (κ2) is 8.27. The van der Waals surface area contributed by atoms with E-state index in [0.29, 0.717) is 22.7 Å². The first-order valence-electron chi connectivity index (χ1n) is 8.15. The largest absolute Gasteiger partial charge is 0.351 e. The molecule has 0 radical (unpaired) electrons. The third-order valence-corrected chi connectivity index (χ3v) is 4.49. The summed E-state index contributed by atoms with van der Waals surface area (Å²) >= 11 is 1.39. The van der Waals surface area contributed by atoms with Crippen molar-refractivity contribution in [2.24, 2.45) is 5.41 Å². The molecule has 0 fully saturated rings. The lowest BCUT2D eigenvalue weighted by molar-refractivity contribution is 0.0929. The van der Waals surface area contributed by atoms with E-state index >= 15 is 0 Å². The minimum atomic E-state index is -0.141. The standard InChI is InChI=1S/C19H25N3O2S/c1-19(2,13-22(3)4)12-20-17(23)14-7-9-15(10-8-14)21-18(24)16-6-5-11-25-16/h5-11H,12-13H2,1-4H3,(H,20,23)(H,21,24). The predicted molar refractivity (Wildman–Crippen MR) is 103 cm³/mol. The van der Waals surface area contributed by atoms with Crippen molar-refractivity contribution in [2.45, 2.75) is 13.8 Å². The highest BCUT2D eigenvalue weighted by molar-refractivity contribution is 7.12. The van der Waals surface area contributed by atoms with Crippen molar-refractivity contribution in [3.63, 3.8) is 0 Å². The van der Waals surface area contributed by atoms with Crippen molar-refractivity contribution >= 4 is 28.8 Å². The molecule has 0 aliphatic heterocycles. The average molecular weight is 359 g/mol. The Kier molecular flexibility index (Phi) is 6.33. The zero-order valence-corrected chi connectivity index (χ0v) is 15.9. The van der Waals surface area contributed by atoms with Gasteiger partial charge in [-0.05, 0) is 55.2 Å². The first-order chi connectivity index (χ1) is 11.8. The van der Waals surface area contributed by atoms with E-state index < -0.39 is 0 Å². The zero-order valence-electron chi connectivity index (χ0n) is 15.1. The number of carbonyl (C=O) groups excluding carboxylic acids is 2. The quantitative estimate of drug-likeness (QED) is 0.797. The number of amides is 2. The van der Waals surface area contributed by atoms with Crippen LogP contribution in [0, 0.1) is 5.41 Å². The Balaban J connectivity index is 1.90. The van der Waals surface area contributed by atoms with E-state index in [0.717, 1.165) is 6.54 Å². The molecule has 0 spiro atoms. The van der Waals surface area contributed by atoms with Gasteiger partial charge in [-0.25, -0.2) is 0 Å². The molecule has 2 rings (SSSR count). The van der Waals surface area contributed by atoms with Crippen LogP contribution in [-0.4, -0.2) is 43.9 Å². The van der Waals surface area contributed by atoms with Gasteiger partial charge in [-0.2, -0.15) is 0 Å². The number of anilines is 1. The van der Waals surface area contributed by atoms with Gasteiger partial charge in [0, 0.05) is 24.3 Å². The van der Waals surface area contributed by atoms with Crippen LogP contribution in [0.3, 0.4) is 0 Å². The lowest BCUT2D eigenvalue weighted by Crippen LogP contribution is -2.39. The van der Waals surface area contributed by atoms with Gasteiger partial charge in [0.15, 0.2) is 0 Å². The van der Waals surface area contributed by atoms with Crippen molar-refractivity contribution in [3.05, 3.63) is 52.2 Å². The maximum Gasteiger partial charge on any atom is 0.265 e. The van der Waals surface area contributed by atoms with Crippen molar-refractivity contribution < 1.29 is 9.59 Å². The average Bonchev–Trinajstić information content (AvgIpc) is 3.07. The fourth-order valence-electron chi connectivity index (χ4n) is 2.64. The van der Waals surface area contributed by atoms with Gasteiger partial charge >= 0.3 is 0 Å². The molecule has 6 heteroatoms. The van der Waals surface area contributed by atoms with Crippen LogP contribution in [0.2, 0.25) is 0 Å². The number of rotatable bonds is 7. The van der Waals surface area contributed by atoms with Crippen LogP contribution >= 0.6 is 11.3 Å². The summed E-state index contributed by atoms with van der Waals surface area (Å²) in [6.07, 6.45) is 0. The number of carbonyl (C=O) groups is 2. The van der Waals surface area contributed by atoms with Gasteiger partial charge in [0.1, 0.15) is 0 Å². The molecule has 2 aromatic rings. The summed E-state index contributed by atoms with van der Waals surface area (Å²) in [6, 6.07) is 10.5. The Hall–Kier alpha value is -2.18. The van der Waals surface area contributed by atoms with Crippen LogP contribution in [-0.2, 0) is 0 Å². The van der Waals surface area contributed by atoms with Crippen LogP contribution in [0.4, 0.5) is 5.69 Å². The van der Waals surface area contributed by atoms with E-state index in [4.69, 9.17) is 0 Å². The summed E-state index contributed by atoms with van der Waals surface area (Å²) in [6.45, 7) is 5.73. The van der Waals surface area contributed by atoms with Gasteiger partial charge < -0.3 is 15.5 Å². The molecule has 25 heavy (non-hydrogen) atoms. The van der Waals surface area contributed by atoms with Crippen molar-refractivity contribution in [3.8, 4) is 0 Å². The minimum Gasteiger partial charge on any atom is -0.351 e. The topological polar surface area (TPSA) is 61.4 Å². The maximum absolute atomic E-state index is 12.3. The first kappa shape index (κ1) is 19.1. The SMILES string of the molecule is CN(C)CC(C)(C)CNC(=O)c1ccc(NC(=O)c2cccs2)cc1. The molecule has 0 unspecified atom stereocenters. The molecule has 0 saturated heterocycles. The Morgan fingerprint density at radius 2 is 1.76 bits per heavy atom. The predicted octanol–water partition coefficient (Wildman–Crippen LogP) is 3.32. The Morgan fingerprint density at radius 1 is 1.08 bits per heavy atom. The third-order valence-electron chi connectivity index (χ3n) is 3.62. The molecule has 2 N–H and O–H groups in total. The van der Waals surface area contributed by atoms with Crippen LogP contribution in [0.1, 0.15) is 33.9 Å². The second-order valence-electron chi connectivity index (χ2n) is 7.09. The summed E-state index contributed by atoms with van der Waals surface area (Å²) in [4.78, 5) is 27.1. The van der Waals surface area contributed by atoms with Crippen LogP contribution in [0.5, 0.6) is 0 Å². The molecule has 0 bridgehead atoms. The van der Waals surface area contributed by atoms with E-state index in [1.165, 1.54) is 11.3 Å². The lowest BCUT2D eigenvalue weighted by Gasteiger charge is -2.28. The number of nitrogens with one attached hydrogen (secondary N) is 2. The highest BCUT2D eigenvalue weighted by atomic mass is 32.1. The fraction of sp³-hybridized carbons (Fsp3) is 0.368. The van der Waals surface area contributed by atoms with Crippen LogP contribution < -0.4 is 10.6 Å². The number of hydrogen-bond acceptors (Lipinski definition) is 4. The molecule has 1 aromatic heterocycles. The molecular weight excluding hydrogens is 334 g/mol. The minimum absolute atomic E-state index is 0.00617. The van der Waals surface area contributed by atoms with Crippen molar-refractivity contribution in [1.82, 2.24) is 10.2 Å². The maximum atomic E-state index is 12.3. The number of hydrogen-bond donors (Lipinski definition) is 2. The first-order valence-corrected chi connectivity index (χ1v) is 9.03. The normalized spacial score (nSPS) is 11.4. The molecule has 1 heterocycles. The van der Waals surface area contributed by atoms with Crippen LogP contribution in [0.15, 0.2) is 41.8 Å². The van der Waals surface area contributed by atoms with E-state index in [2.05, 4.69) is 29.4 Å². The number of benzene rings is 1. The molecule has 2 amide bonds. The molecule has 0 saturated carbocycles. The summed E-state index contributed by atoms with van der Waals surface area (Å²) in [5, 5.41) is 7.66. The van der Waals surface area contributed by atoms with Gasteiger partial charge in [0.05, 0.1) is 4.88 Å². The molecule has 0 aliphatic rings. The van der Waals surface area contributed by atoms with E-state index in [9.17, 15) is 9.59 Å². The molecule has 0 atom stereocenters. The smallest absolute Gasteiger partial charge is 0.265 e. The highest BCUT2D eigenvalue weighted by Gasteiger charge is 2.20. The van der Waals surface area contributed by atoms with E-state index in [1.807, 2.05) is 25.5 Å². The van der Waals surface area contributed by atoms with E-state index in [-0.39, 0.29) is 17.2 Å². The molecule has 1 aromatic carbocycles. The number of thiophene rings is 1. The second-order valence-corrected chi connectivity index (χ2v) is 8.04. The Morgan fingerprint density at radius 3 is 2.32 bits per heavy atom. The summed E-state index contributed by atoms with van der Waals surface area (Å²) in [7, 11) is 4.04. The summed E-state index contributed by atoms with van der Waals surface area (Å²) in [5.41, 5.74) is 1.24. The van der Waals surface area contributed by atoms with Gasteiger partial charge in [-0.15, -0.1) is 11.3 Å². The lowest BCUT2D eigenvalue weighted by atomic mass is 9.93. The van der Waals surface area contributed by atoms with Crippen LogP contribution in [0.25, 0.3) is 0 Å². The Bertz CT molecular complexity index is 707. The van der Waals surface area contributed by atoms with E-state index in [1.54, 1.807) is 30.3 Å². The summed E-state index contributed by atoms with van der Waals surface area (Å²) < 4.78 is 0. The van der Waals surface area contributed by atoms with Gasteiger partial charge in [-0.3, -0.25) is 9.59 Å². The third kappa shape index (κ3) is 5.99. The molecule has 0 aliphatic carbocycles. The van der Waals surface area contributed by atoms with Gasteiger partial charge in [-0.1, -0.05) is 19.9 Å². The molecular formula is C19H25N3O2S. The van der Waals surface area contributed by atoms with Gasteiger partial charge in [0.2, 0.25) is 0 Å². The fourth-order valence-corrected chi connectivity index (χ4v) is 3.26. The van der Waals surface area contributed by atoms with Gasteiger partial charge in [0.25, 0.3) is 11.8 Å². The monoisotopic (exact) mass is 359 g/mol. The summed E-state index contributed by atoms with van der Waals surface area (Å²) in [5.74, 6) is -0.249. The highest BCUT2D eigenvalue weighted by Crippen LogP contribution is 2.16. The molecule has 5 nitrogen and oxygen atoms in total. The molecule has 134 valence electrons. The van der Waals surface area contributed by atoms with Crippen molar-refractivity contribution in [1.29, 1.82) is 0 Å². The Labute approximate surface area is 153 Å². The zero-order chi connectivity index (χ0) is 18.4. The number of nitrogens with zero attached hydrogens (tertiary/aromatic N) is 1. The van der Waals surface area contributed by atoms with Crippen molar-refractivity contribution in [2.75, 3.05) is 32.5 Å².